The molecule has 6 aliphatic rings. The Bertz CT molecular complexity index is 643. The van der Waals surface area contributed by atoms with Gasteiger partial charge >= 0.3 is 0 Å². The first-order valence-electron chi connectivity index (χ1n) is 19.3. The molecule has 2 heterocycles. The Labute approximate surface area is 253 Å². The second kappa shape index (κ2) is 14.8. The maximum absolute atomic E-state index is 2.47. The Morgan fingerprint density at radius 2 is 0.825 bits per heavy atom. The van der Waals surface area contributed by atoms with E-state index in [4.69, 9.17) is 0 Å². The van der Waals surface area contributed by atoms with Gasteiger partial charge in [-0.1, -0.05) is 119 Å². The molecule has 0 spiro atoms. The molecule has 6 fully saturated rings. The maximum Gasteiger partial charge on any atom is 0.000450 e. The van der Waals surface area contributed by atoms with Gasteiger partial charge in [-0.2, -0.15) is 0 Å². The van der Waals surface area contributed by atoms with Gasteiger partial charge in [0.05, 0.1) is 0 Å². The van der Waals surface area contributed by atoms with Crippen LogP contribution in [0.25, 0.3) is 0 Å². The van der Waals surface area contributed by atoms with Crippen molar-refractivity contribution in [1.29, 1.82) is 0 Å². The van der Waals surface area contributed by atoms with Crippen LogP contribution in [0.5, 0.6) is 0 Å². The minimum Gasteiger partial charge on any atom is -0.0922 e. The fourth-order valence-corrected chi connectivity index (χ4v) is 24.2. The van der Waals surface area contributed by atoms with Gasteiger partial charge in [-0.3, -0.25) is 0 Å². The summed E-state index contributed by atoms with van der Waals surface area (Å²) in [6.07, 6.45) is 48.1. The van der Waals surface area contributed by atoms with Crippen molar-refractivity contribution in [3.63, 3.8) is 0 Å². The van der Waals surface area contributed by atoms with Crippen molar-refractivity contribution >= 4 is 15.8 Å². The Kier molecular flexibility index (Phi) is 11.4. The van der Waals surface area contributed by atoms with Gasteiger partial charge in [0.15, 0.2) is 0 Å². The number of rotatable bonds is 10. The van der Waals surface area contributed by atoms with E-state index in [0.717, 1.165) is 34.0 Å². The van der Waals surface area contributed by atoms with Crippen molar-refractivity contribution in [2.45, 2.75) is 202 Å². The lowest BCUT2D eigenvalue weighted by Crippen LogP contribution is -2.47. The van der Waals surface area contributed by atoms with E-state index in [9.17, 15) is 0 Å². The number of hydrogen-bond acceptors (Lipinski definition) is 0. The standard InChI is InChI=1S/C38H68P2/c1-2-3-8-27-36(39-30-17-28-37(39,32-19-9-4-10-20-32)33-21-11-5-12-22-33)40-31-18-29-38(40,34-23-13-6-14-24-34)35-25-15-7-16-26-35/h32-36H,2-31H2,1H3. The van der Waals surface area contributed by atoms with E-state index in [1.54, 1.807) is 179 Å². The molecular weight excluding hydrogens is 518 g/mol. The largest absolute Gasteiger partial charge is 0.0922 e. The van der Waals surface area contributed by atoms with E-state index in [2.05, 4.69) is 6.92 Å². The molecule has 2 atom stereocenters. The first kappa shape index (κ1) is 30.9. The molecule has 0 radical (unpaired) electrons. The molecule has 0 amide bonds. The molecule has 0 aromatic heterocycles. The summed E-state index contributed by atoms with van der Waals surface area (Å²) in [7, 11) is 0.397. The van der Waals surface area contributed by atoms with Gasteiger partial charge in [0.25, 0.3) is 0 Å². The summed E-state index contributed by atoms with van der Waals surface area (Å²) in [5.41, 5.74) is 0. The zero-order chi connectivity index (χ0) is 27.3. The van der Waals surface area contributed by atoms with Gasteiger partial charge in [-0.05, 0) is 130 Å². The van der Waals surface area contributed by atoms with Crippen LogP contribution in [0.15, 0.2) is 0 Å². The Hall–Kier alpha value is 0.860. The van der Waals surface area contributed by atoms with E-state index in [1.165, 1.54) is 18.2 Å². The summed E-state index contributed by atoms with van der Waals surface area (Å²) >= 11 is 0. The van der Waals surface area contributed by atoms with Gasteiger partial charge in [0, 0.05) is 5.40 Å². The monoisotopic (exact) mass is 586 g/mol. The van der Waals surface area contributed by atoms with Crippen molar-refractivity contribution < 1.29 is 0 Å². The second-order valence-corrected chi connectivity index (χ2v) is 22.0. The minimum atomic E-state index is 0.199. The SMILES string of the molecule is CCCCCC(P1CCCC1(C1CCCCC1)C1CCCCC1)P1CCCC1(C1CCCCC1)C1CCCCC1. The quantitative estimate of drug-likeness (QED) is 0.176. The zero-order valence-electron chi connectivity index (χ0n) is 27.0. The number of unbranched alkanes of at least 4 members (excludes halogenated alkanes) is 2. The molecule has 0 nitrogen and oxygen atoms in total. The van der Waals surface area contributed by atoms with Crippen LogP contribution in [0, 0.1) is 23.7 Å². The van der Waals surface area contributed by atoms with E-state index in [-0.39, 0.29) is 15.8 Å². The molecule has 2 aliphatic heterocycles. The van der Waals surface area contributed by atoms with Gasteiger partial charge in [0.2, 0.25) is 0 Å². The summed E-state index contributed by atoms with van der Waals surface area (Å²) in [5.74, 6) is 4.51. The average molecular weight is 587 g/mol. The molecule has 0 aromatic carbocycles. The molecule has 6 rings (SSSR count). The van der Waals surface area contributed by atoms with E-state index >= 15 is 0 Å². The molecule has 2 saturated heterocycles. The summed E-state index contributed by atoms with van der Waals surface area (Å²) in [6, 6.07) is 0. The molecule has 230 valence electrons. The third kappa shape index (κ3) is 6.06. The van der Waals surface area contributed by atoms with Gasteiger partial charge in [0.1, 0.15) is 0 Å². The highest BCUT2D eigenvalue weighted by atomic mass is 31.2. The summed E-state index contributed by atoms with van der Waals surface area (Å²) in [5, 5.41) is 2.85. The van der Waals surface area contributed by atoms with Crippen LogP contribution in [-0.2, 0) is 0 Å². The Morgan fingerprint density at radius 3 is 1.15 bits per heavy atom. The Balaban J connectivity index is 1.39. The molecule has 40 heavy (non-hydrogen) atoms. The average Bonchev–Trinajstić information content (AvgIpc) is 3.68. The van der Waals surface area contributed by atoms with E-state index in [0.29, 0.717) is 0 Å². The highest BCUT2D eigenvalue weighted by Gasteiger charge is 2.60. The lowest BCUT2D eigenvalue weighted by atomic mass is 9.67. The van der Waals surface area contributed by atoms with Gasteiger partial charge in [-0.25, -0.2) is 0 Å². The summed E-state index contributed by atoms with van der Waals surface area (Å²) < 4.78 is 0. The third-order valence-electron chi connectivity index (χ3n) is 14.1. The fourth-order valence-electron chi connectivity index (χ4n) is 12.5. The second-order valence-electron chi connectivity index (χ2n) is 15.9. The van der Waals surface area contributed by atoms with E-state index in [1.807, 2.05) is 0 Å². The molecule has 4 aliphatic carbocycles. The van der Waals surface area contributed by atoms with Crippen LogP contribution in [0.4, 0.5) is 0 Å². The van der Waals surface area contributed by atoms with Crippen molar-refractivity contribution in [2.24, 2.45) is 23.7 Å². The van der Waals surface area contributed by atoms with Crippen LogP contribution >= 0.6 is 15.8 Å². The molecule has 0 bridgehead atoms. The van der Waals surface area contributed by atoms with Crippen LogP contribution in [0.1, 0.15) is 187 Å². The van der Waals surface area contributed by atoms with Crippen molar-refractivity contribution in [3.8, 4) is 0 Å². The molecule has 0 N–H and O–H groups in total. The van der Waals surface area contributed by atoms with Crippen molar-refractivity contribution in [1.82, 2.24) is 0 Å². The topological polar surface area (TPSA) is 0 Å². The van der Waals surface area contributed by atoms with Crippen molar-refractivity contribution in [3.05, 3.63) is 0 Å². The minimum absolute atomic E-state index is 0.199. The predicted octanol–water partition coefficient (Wildman–Crippen LogP) is 13.2. The predicted molar refractivity (Wildman–Crippen MR) is 182 cm³/mol. The van der Waals surface area contributed by atoms with Crippen LogP contribution in [0.3, 0.4) is 0 Å². The molecule has 4 saturated carbocycles. The highest BCUT2D eigenvalue weighted by Crippen LogP contribution is 2.82. The van der Waals surface area contributed by atoms with Crippen LogP contribution in [0.2, 0.25) is 0 Å². The summed E-state index contributed by atoms with van der Waals surface area (Å²) in [4.78, 5) is 0. The lowest BCUT2D eigenvalue weighted by Gasteiger charge is -2.58. The Morgan fingerprint density at radius 1 is 0.475 bits per heavy atom. The molecular formula is C38H68P2. The first-order valence-corrected chi connectivity index (χ1v) is 22.5. The lowest BCUT2D eigenvalue weighted by molar-refractivity contribution is 0.165. The molecule has 0 aromatic rings. The maximum atomic E-state index is 2.47. The van der Waals surface area contributed by atoms with Crippen LogP contribution in [-0.4, -0.2) is 28.0 Å². The normalized spacial score (nSPS) is 33.8. The van der Waals surface area contributed by atoms with Gasteiger partial charge < -0.3 is 0 Å². The zero-order valence-corrected chi connectivity index (χ0v) is 28.8. The fraction of sp³-hybridized carbons (Fsp3) is 1.00. The van der Waals surface area contributed by atoms with Crippen LogP contribution < -0.4 is 0 Å². The number of hydrogen-bond donors (Lipinski definition) is 0. The third-order valence-corrected chi connectivity index (χ3v) is 23.3. The van der Waals surface area contributed by atoms with Crippen molar-refractivity contribution in [2.75, 3.05) is 12.3 Å². The van der Waals surface area contributed by atoms with Gasteiger partial charge in [-0.15, -0.1) is 0 Å². The first-order chi connectivity index (χ1) is 19.8. The molecule has 2 unspecified atom stereocenters. The summed E-state index contributed by atoms with van der Waals surface area (Å²) in [6.45, 7) is 2.47. The highest BCUT2D eigenvalue weighted by molar-refractivity contribution is 7.77. The molecule has 2 heteroatoms. The smallest absolute Gasteiger partial charge is 0.000450 e. The van der Waals surface area contributed by atoms with E-state index < -0.39 is 0 Å².